The summed E-state index contributed by atoms with van der Waals surface area (Å²) in [5.41, 5.74) is 21.6. The summed E-state index contributed by atoms with van der Waals surface area (Å²) in [6.45, 7) is 31.3. The molecular weight excluding hydrogens is 1630 g/mol. The third kappa shape index (κ3) is 35.5. The Morgan fingerprint density at radius 1 is 0.496 bits per heavy atom. The Morgan fingerprint density at radius 3 is 1.31 bits per heavy atom. The molecule has 1 amide bonds. The number of rotatable bonds is 27. The van der Waals surface area contributed by atoms with Crippen molar-refractivity contribution >= 4 is 76.6 Å². The van der Waals surface area contributed by atoms with E-state index in [0.29, 0.717) is 72.4 Å². The van der Waals surface area contributed by atoms with E-state index in [9.17, 15) is 29.6 Å². The van der Waals surface area contributed by atoms with Crippen molar-refractivity contribution in [2.45, 2.75) is 176 Å². The van der Waals surface area contributed by atoms with Crippen LogP contribution in [-0.2, 0) is 68.4 Å². The molecule has 5 aliphatic rings. The number of fused-ring (bicyclic) bond motifs is 1. The van der Waals surface area contributed by atoms with Crippen molar-refractivity contribution in [3.63, 3.8) is 0 Å². The van der Waals surface area contributed by atoms with E-state index < -0.39 is 61.7 Å². The SMILES string of the molecule is CC(C)(C)OC(=O)NC[C@H]1OB2OCCOc3cccc1c32.CC(C)(C)OC(=O)OC(=O)OC(C)(C)C.CCCOc1cccc([C@H](O)CN(Cc2ccccc2)Cc2ccccc2)c1.CCCOc1cccc([C@H](O)CN)c1.CCCOc1cccc2c1B(O)O[C@@H]2CN(Cc1ccccc1)Cc1ccccc1.NC[C@H]1OB2OCCOc3cccc1c32.[B]=NS. The van der Waals surface area contributed by atoms with Crippen LogP contribution in [0, 0.1) is 0 Å². The van der Waals surface area contributed by atoms with E-state index >= 15 is 0 Å². The quantitative estimate of drug-likeness (QED) is 0.00827. The summed E-state index contributed by atoms with van der Waals surface area (Å²) in [4.78, 5) is 38.4. The number of hydrogen-bond acceptors (Lipinski definition) is 26. The summed E-state index contributed by atoms with van der Waals surface area (Å²) in [6.07, 6.45) is -1.41. The van der Waals surface area contributed by atoms with Crippen molar-refractivity contribution < 1.29 is 95.5 Å². The second-order valence-electron chi connectivity index (χ2n) is 33.1. The third-order valence-corrected chi connectivity index (χ3v) is 19.1. The molecule has 127 heavy (non-hydrogen) atoms. The zero-order chi connectivity index (χ0) is 91.7. The second kappa shape index (κ2) is 53.0. The van der Waals surface area contributed by atoms with Crippen LogP contribution in [0.5, 0.6) is 28.7 Å². The van der Waals surface area contributed by atoms with Crippen LogP contribution >= 0.6 is 12.8 Å². The number of carbonyl (C=O) groups is 3. The molecule has 677 valence electrons. The Balaban J connectivity index is 0.000000192. The van der Waals surface area contributed by atoms with E-state index in [1.54, 1.807) is 41.5 Å². The third-order valence-electron chi connectivity index (χ3n) is 19.1. The Hall–Kier alpha value is -10.1. The van der Waals surface area contributed by atoms with Crippen molar-refractivity contribution in [3.8, 4) is 28.7 Å². The maximum absolute atomic E-state index is 11.8. The molecule has 0 unspecified atom stereocenters. The van der Waals surface area contributed by atoms with E-state index in [-0.39, 0.29) is 32.0 Å². The van der Waals surface area contributed by atoms with Crippen LogP contribution in [0.1, 0.15) is 183 Å². The molecule has 0 fully saturated rings. The molecule has 0 bridgehead atoms. The Labute approximate surface area is 756 Å². The van der Waals surface area contributed by atoms with Gasteiger partial charge in [-0.25, -0.2) is 14.4 Å². The number of carbonyl (C=O) groups excluding carboxylic acids is 3. The van der Waals surface area contributed by atoms with Crippen molar-refractivity contribution in [3.05, 3.63) is 275 Å². The van der Waals surface area contributed by atoms with Gasteiger partial charge in [0.25, 0.3) is 0 Å². The van der Waals surface area contributed by atoms with Gasteiger partial charge in [-0.05, 0) is 174 Å². The molecule has 0 saturated heterocycles. The molecule has 5 heterocycles. The van der Waals surface area contributed by atoms with Crippen LogP contribution in [0.4, 0.5) is 14.4 Å². The van der Waals surface area contributed by atoms with Crippen LogP contribution in [0.3, 0.4) is 0 Å². The van der Waals surface area contributed by atoms with Crippen LogP contribution in [0.15, 0.2) is 229 Å². The summed E-state index contributed by atoms with van der Waals surface area (Å²) in [5, 5.41) is 33.7. The number of nitrogens with zero attached hydrogens (tertiary/aromatic N) is 3. The number of aliphatic hydroxyl groups is 2. The fraction of sp³-hybridized carbons (Fsp3) is 0.406. The number of amides is 1. The first-order valence-electron chi connectivity index (χ1n) is 43.1. The van der Waals surface area contributed by atoms with Gasteiger partial charge in [-0.3, -0.25) is 9.80 Å². The van der Waals surface area contributed by atoms with Gasteiger partial charge >= 0.3 is 64.5 Å². The molecule has 14 rings (SSSR count). The number of benzene rings is 9. The molecule has 9 aromatic rings. The monoisotopic (exact) mass is 1760 g/mol. The molecule has 26 nitrogen and oxygen atoms in total. The number of thiol groups is 1. The Morgan fingerprint density at radius 2 is 0.890 bits per heavy atom. The Bertz CT molecular complexity index is 4650. The van der Waals surface area contributed by atoms with Crippen LogP contribution in [-0.4, -0.2) is 168 Å². The Kier molecular flexibility index (Phi) is 42.7. The predicted molar refractivity (Wildman–Crippen MR) is 499 cm³/mol. The van der Waals surface area contributed by atoms with Crippen molar-refractivity contribution in [2.75, 3.05) is 79.0 Å². The van der Waals surface area contributed by atoms with Crippen LogP contribution < -0.4 is 56.9 Å². The number of ether oxygens (including phenoxy) is 9. The molecule has 31 heteroatoms. The molecular formula is C96H125B4N6O20S. The number of hydrogen-bond donors (Lipinski definition) is 7. The summed E-state index contributed by atoms with van der Waals surface area (Å²) in [5.74, 6) is 3.99. The summed E-state index contributed by atoms with van der Waals surface area (Å²) >= 11 is 3.19. The average molecular weight is 1760 g/mol. The summed E-state index contributed by atoms with van der Waals surface area (Å²) < 4.78 is 78.8. The molecule has 0 saturated carbocycles. The maximum atomic E-state index is 11.8. The molecule has 5 atom stereocenters. The van der Waals surface area contributed by atoms with E-state index in [4.69, 9.17) is 72.6 Å². The topological polar surface area (TPSA) is 324 Å². The number of nitrogens with two attached hydrogens (primary N) is 2. The molecule has 1 radical (unpaired) electrons. The molecule has 8 N–H and O–H groups in total. The standard InChI is InChI=1S/C25H28BNO3.C25H29NO2.C15H20BNO5.C11H17NO2.C10H12BNO3.C10H18O5.BHNS/c1-2-16-29-23-15-9-14-22-24(30-26(28)25(22)23)19-27(17-20-10-5-3-6-11-20)18-21-12-7-4-8-13-21;1-2-16-28-24-15-9-14-23(17-24)25(27)20-26(18-21-10-5-3-6-11-21)19-22-12-7-4-8-13-22;1-15(2,3)21-14(18)17-9-12-10-5-4-6-11-13(10)16(22-12)20-8-7-19-11;1-2-6-14-10-5-3-4-9(7-10)11(13)8-12;12-6-9-7-2-1-3-8-10(7)11(15-9)14-5-4-13-8;1-9(2,3)14-7(11)13-8(12)15-10(4,5)6;1-2-3/h3-15,24,28H,2,16-19H2,1H3;3-15,17,25,27H,2,16,18-20H2,1H3;4-6,12H,7-9H2,1-3H3,(H,17,18);3-5,7,11,13H,2,6,8,12H2,1H3;1-3,9H,4-6,12H2;1-6H3;3H/t24-;25-;12-;11-;9-;;/m11111../s1. The normalized spacial score (nSPS) is 15.4. The predicted octanol–water partition coefficient (Wildman–Crippen LogP) is 14.9. The molecule has 0 aromatic heterocycles. The van der Waals surface area contributed by atoms with Gasteiger partial charge in [-0.1, -0.05) is 203 Å². The fourth-order valence-corrected chi connectivity index (χ4v) is 13.7. The first-order chi connectivity index (χ1) is 61.0. The number of aliphatic hydroxyl groups excluding tert-OH is 2. The zero-order valence-electron chi connectivity index (χ0n) is 75.2. The van der Waals surface area contributed by atoms with Gasteiger partial charge in [0.05, 0.1) is 63.6 Å². The number of nitrogens with one attached hydrogen (secondary N) is 1. The van der Waals surface area contributed by atoms with E-state index in [0.717, 1.165) is 118 Å². The van der Waals surface area contributed by atoms with Crippen LogP contribution in [0.25, 0.3) is 0 Å². The summed E-state index contributed by atoms with van der Waals surface area (Å²) in [6, 6.07) is 74.6. The van der Waals surface area contributed by atoms with Crippen molar-refractivity contribution in [1.82, 2.24) is 15.1 Å². The molecule has 0 aliphatic carbocycles. The van der Waals surface area contributed by atoms with E-state index in [2.05, 4.69) is 162 Å². The zero-order valence-corrected chi connectivity index (χ0v) is 76.1. The average Bonchev–Trinajstić information content (AvgIpc) is 1.65. The molecule has 0 spiro atoms. The second-order valence-corrected chi connectivity index (χ2v) is 33.3. The van der Waals surface area contributed by atoms with Crippen molar-refractivity contribution in [1.29, 1.82) is 0 Å². The molecule has 5 aliphatic heterocycles. The minimum atomic E-state index is -1.06. The molecule has 9 aromatic carbocycles. The van der Waals surface area contributed by atoms with Gasteiger partial charge in [0.1, 0.15) is 58.8 Å². The number of alkyl carbamates (subject to hydrolysis) is 1. The van der Waals surface area contributed by atoms with Gasteiger partial charge in [0.15, 0.2) is 0 Å². The summed E-state index contributed by atoms with van der Waals surface area (Å²) in [7, 11) is 2.66. The first kappa shape index (κ1) is 102. The van der Waals surface area contributed by atoms with E-state index in [1.807, 2.05) is 148 Å². The van der Waals surface area contributed by atoms with Gasteiger partial charge in [0.2, 0.25) is 0 Å². The fourth-order valence-electron chi connectivity index (χ4n) is 13.7. The minimum absolute atomic E-state index is 0.0633. The first-order valence-corrected chi connectivity index (χ1v) is 43.5. The van der Waals surface area contributed by atoms with Gasteiger partial charge < -0.3 is 97.9 Å². The van der Waals surface area contributed by atoms with E-state index in [1.165, 1.54) is 22.3 Å². The van der Waals surface area contributed by atoms with Gasteiger partial charge in [-0.2, -0.15) is 0 Å². The van der Waals surface area contributed by atoms with Gasteiger partial charge in [-0.15, -0.1) is 0 Å². The van der Waals surface area contributed by atoms with Gasteiger partial charge in [0, 0.05) is 75.3 Å². The van der Waals surface area contributed by atoms with Crippen LogP contribution in [0.2, 0.25) is 0 Å². The van der Waals surface area contributed by atoms with Crippen molar-refractivity contribution in [2.24, 2.45) is 15.8 Å².